The first-order chi connectivity index (χ1) is 20.4. The number of pyridine rings is 1. The Labute approximate surface area is 245 Å². The Bertz CT molecular complexity index is 1580. The molecule has 2 saturated heterocycles. The van der Waals surface area contributed by atoms with Gasteiger partial charge < -0.3 is 20.3 Å². The number of carbonyl (C=O) groups is 2. The van der Waals surface area contributed by atoms with Gasteiger partial charge in [0.25, 0.3) is 0 Å². The summed E-state index contributed by atoms with van der Waals surface area (Å²) in [4.78, 5) is 33.7. The zero-order chi connectivity index (χ0) is 29.2. The number of benzene rings is 2. The average Bonchev–Trinajstić information content (AvgIpc) is 3.75. The lowest BCUT2D eigenvalue weighted by molar-refractivity contribution is -0.139. The summed E-state index contributed by atoms with van der Waals surface area (Å²) >= 11 is 0. The third-order valence-corrected chi connectivity index (χ3v) is 8.75. The van der Waals surface area contributed by atoms with Gasteiger partial charge in [-0.15, -0.1) is 5.10 Å². The maximum Gasteiger partial charge on any atom is 0.243 e. The molecule has 6 rings (SSSR count). The molecule has 4 atom stereocenters. The zero-order valence-electron chi connectivity index (χ0n) is 24.3. The Morgan fingerprint density at radius 1 is 1.10 bits per heavy atom. The summed E-state index contributed by atoms with van der Waals surface area (Å²) < 4.78 is 7.03. The van der Waals surface area contributed by atoms with Crippen molar-refractivity contribution in [2.24, 2.45) is 13.0 Å². The van der Waals surface area contributed by atoms with E-state index in [0.717, 1.165) is 34.3 Å². The summed E-state index contributed by atoms with van der Waals surface area (Å²) in [6.45, 7) is 3.70. The number of fused-ring (bicyclic) bond motifs is 1. The predicted molar refractivity (Wildman–Crippen MR) is 159 cm³/mol. The van der Waals surface area contributed by atoms with Crippen LogP contribution in [0.5, 0.6) is 5.75 Å². The number of nitrogens with zero attached hydrogens (tertiary/aromatic N) is 5. The van der Waals surface area contributed by atoms with E-state index in [0.29, 0.717) is 32.5 Å². The Hall–Kier alpha value is -4.31. The molecule has 2 fully saturated rings. The van der Waals surface area contributed by atoms with Crippen LogP contribution in [0.3, 0.4) is 0 Å². The van der Waals surface area contributed by atoms with Gasteiger partial charge >= 0.3 is 0 Å². The van der Waals surface area contributed by atoms with Gasteiger partial charge in [0.15, 0.2) is 0 Å². The van der Waals surface area contributed by atoms with Crippen LogP contribution in [0.1, 0.15) is 41.0 Å². The molecule has 218 valence electrons. The van der Waals surface area contributed by atoms with E-state index in [1.807, 2.05) is 54.5 Å². The van der Waals surface area contributed by atoms with Crippen molar-refractivity contribution in [1.29, 1.82) is 0 Å². The van der Waals surface area contributed by atoms with E-state index < -0.39 is 6.04 Å². The zero-order valence-corrected chi connectivity index (χ0v) is 24.3. The maximum atomic E-state index is 14.0. The molecular formula is C32H37N7O3. The highest BCUT2D eigenvalue weighted by molar-refractivity contribution is 5.90. The summed E-state index contributed by atoms with van der Waals surface area (Å²) in [6, 6.07) is 15.0. The molecule has 0 radical (unpaired) electrons. The van der Waals surface area contributed by atoms with Gasteiger partial charge in [-0.3, -0.25) is 14.6 Å². The molecule has 2 aromatic carbocycles. The highest BCUT2D eigenvalue weighted by atomic mass is 16.5. The molecule has 4 unspecified atom stereocenters. The summed E-state index contributed by atoms with van der Waals surface area (Å²) in [5.74, 6) is 1.07. The van der Waals surface area contributed by atoms with Crippen LogP contribution in [-0.4, -0.2) is 69.0 Å². The third-order valence-electron chi connectivity index (χ3n) is 8.75. The Balaban J connectivity index is 1.17. The molecule has 2 aromatic heterocycles. The molecule has 4 heterocycles. The molecule has 0 spiro atoms. The molecule has 10 nitrogen and oxygen atoms in total. The first-order valence-corrected chi connectivity index (χ1v) is 14.5. The van der Waals surface area contributed by atoms with E-state index in [4.69, 9.17) is 4.74 Å². The number of likely N-dealkylation sites (tertiary alicyclic amines) is 1. The topological polar surface area (TPSA) is 114 Å². The Kier molecular flexibility index (Phi) is 7.88. The minimum absolute atomic E-state index is 0.00240. The normalized spacial score (nSPS) is 22.0. The maximum absolute atomic E-state index is 14.0. The first kappa shape index (κ1) is 27.8. The van der Waals surface area contributed by atoms with Crippen molar-refractivity contribution >= 4 is 22.8 Å². The second-order valence-corrected chi connectivity index (χ2v) is 11.5. The number of methoxy groups -OCH3 is 1. The molecule has 2 amide bonds. The van der Waals surface area contributed by atoms with Gasteiger partial charge in [0.1, 0.15) is 17.3 Å². The number of ether oxygens (including phenoxy) is 1. The number of carbonyl (C=O) groups excluding carboxylic acids is 2. The van der Waals surface area contributed by atoms with Gasteiger partial charge in [-0.05, 0) is 84.7 Å². The second-order valence-electron chi connectivity index (χ2n) is 11.5. The fraction of sp³-hybridized carbons (Fsp3) is 0.406. The van der Waals surface area contributed by atoms with E-state index in [1.54, 1.807) is 18.0 Å². The molecule has 42 heavy (non-hydrogen) atoms. The van der Waals surface area contributed by atoms with E-state index in [-0.39, 0.29) is 29.7 Å². The molecule has 2 N–H and O–H groups in total. The monoisotopic (exact) mass is 567 g/mol. The molecule has 4 aromatic rings. The van der Waals surface area contributed by atoms with Gasteiger partial charge in [-0.1, -0.05) is 23.4 Å². The number of aryl methyl sites for hydroxylation is 2. The van der Waals surface area contributed by atoms with Gasteiger partial charge in [0.2, 0.25) is 11.8 Å². The fourth-order valence-electron chi connectivity index (χ4n) is 6.43. The Morgan fingerprint density at radius 3 is 2.69 bits per heavy atom. The quantitative estimate of drug-likeness (QED) is 0.337. The molecule has 2 aliphatic rings. The lowest BCUT2D eigenvalue weighted by Crippen LogP contribution is -2.51. The molecular weight excluding hydrogens is 530 g/mol. The van der Waals surface area contributed by atoms with E-state index >= 15 is 0 Å². The number of hydrogen-bond acceptors (Lipinski definition) is 7. The van der Waals surface area contributed by atoms with Crippen molar-refractivity contribution < 1.29 is 14.3 Å². The number of nitrogens with one attached hydrogen (secondary N) is 2. The molecule has 2 aliphatic heterocycles. The minimum atomic E-state index is -0.526. The minimum Gasteiger partial charge on any atom is -0.497 e. The van der Waals surface area contributed by atoms with Crippen molar-refractivity contribution in [3.8, 4) is 5.75 Å². The van der Waals surface area contributed by atoms with Crippen LogP contribution in [0.15, 0.2) is 60.9 Å². The SMILES string of the molecule is COc1ccc(CC2CC(C(=O)NCc3ccc4c(c3)nnn4C)N(C(=O)C3CC(c4cnccc4C)CN3)C2)cc1. The fourth-order valence-corrected chi connectivity index (χ4v) is 6.43. The molecule has 0 saturated carbocycles. The first-order valence-electron chi connectivity index (χ1n) is 14.5. The number of hydrogen-bond donors (Lipinski definition) is 2. The van der Waals surface area contributed by atoms with E-state index in [9.17, 15) is 9.59 Å². The van der Waals surface area contributed by atoms with Gasteiger partial charge in [-0.25, -0.2) is 4.68 Å². The summed E-state index contributed by atoms with van der Waals surface area (Å²) in [7, 11) is 3.51. The number of amides is 2. The average molecular weight is 568 g/mol. The van der Waals surface area contributed by atoms with Crippen LogP contribution in [0.25, 0.3) is 11.0 Å². The predicted octanol–water partition coefficient (Wildman–Crippen LogP) is 2.90. The van der Waals surface area contributed by atoms with E-state index in [2.05, 4.69) is 45.0 Å². The van der Waals surface area contributed by atoms with Crippen molar-refractivity contribution in [3.05, 3.63) is 83.2 Å². The van der Waals surface area contributed by atoms with Gasteiger partial charge in [0.05, 0.1) is 18.7 Å². The number of aromatic nitrogens is 4. The van der Waals surface area contributed by atoms with Crippen molar-refractivity contribution in [3.63, 3.8) is 0 Å². The molecule has 0 bridgehead atoms. The van der Waals surface area contributed by atoms with Crippen molar-refractivity contribution in [2.75, 3.05) is 20.2 Å². The van der Waals surface area contributed by atoms with E-state index in [1.165, 1.54) is 11.1 Å². The third kappa shape index (κ3) is 5.72. The lowest BCUT2D eigenvalue weighted by Gasteiger charge is -2.27. The summed E-state index contributed by atoms with van der Waals surface area (Å²) in [6.07, 6.45) is 5.80. The van der Waals surface area contributed by atoms with Crippen LogP contribution in [0, 0.1) is 12.8 Å². The van der Waals surface area contributed by atoms with Crippen LogP contribution in [0.4, 0.5) is 0 Å². The van der Waals surface area contributed by atoms with Crippen molar-refractivity contribution in [2.45, 2.75) is 50.7 Å². The molecule has 0 aliphatic carbocycles. The van der Waals surface area contributed by atoms with Crippen LogP contribution in [0.2, 0.25) is 0 Å². The second kappa shape index (κ2) is 11.9. The number of rotatable bonds is 8. The standard InChI is InChI=1S/C32H37N7O3/c1-20-10-11-33-18-26(20)24-15-28(34-17-24)32(41)39-19-23(12-21-4-7-25(42-3)8-5-21)14-30(39)31(40)35-16-22-6-9-29-27(13-22)36-37-38(29)2/h4-11,13,18,23-24,28,30,34H,12,14-17,19H2,1-3H3,(H,35,40). The summed E-state index contributed by atoms with van der Waals surface area (Å²) in [5, 5.41) is 14.8. The Morgan fingerprint density at radius 2 is 1.90 bits per heavy atom. The van der Waals surface area contributed by atoms with Crippen molar-refractivity contribution in [1.82, 2.24) is 35.5 Å². The highest BCUT2D eigenvalue weighted by Gasteiger charge is 2.43. The smallest absolute Gasteiger partial charge is 0.243 e. The van der Waals surface area contributed by atoms with Gasteiger partial charge in [0, 0.05) is 45.0 Å². The lowest BCUT2D eigenvalue weighted by atomic mass is 9.94. The van der Waals surface area contributed by atoms with Gasteiger partial charge in [-0.2, -0.15) is 0 Å². The van der Waals surface area contributed by atoms with Crippen LogP contribution >= 0.6 is 0 Å². The van der Waals surface area contributed by atoms with Crippen LogP contribution in [-0.2, 0) is 29.6 Å². The largest absolute Gasteiger partial charge is 0.497 e. The van der Waals surface area contributed by atoms with Crippen LogP contribution < -0.4 is 15.4 Å². The molecule has 10 heteroatoms. The summed E-state index contributed by atoms with van der Waals surface area (Å²) in [5.41, 5.74) is 6.18. The highest BCUT2D eigenvalue weighted by Crippen LogP contribution is 2.32.